The molecule has 0 N–H and O–H groups in total. The van der Waals surface area contributed by atoms with Gasteiger partial charge in [-0.3, -0.25) is 9.59 Å². The van der Waals surface area contributed by atoms with Crippen molar-refractivity contribution in [2.75, 3.05) is 26.7 Å². The summed E-state index contributed by atoms with van der Waals surface area (Å²) in [6, 6.07) is 17.9. The molecule has 2 amide bonds. The Labute approximate surface area is 190 Å². The Balaban J connectivity index is 1.27. The zero-order chi connectivity index (χ0) is 22.3. The van der Waals surface area contributed by atoms with Gasteiger partial charge in [0, 0.05) is 32.6 Å². The van der Waals surface area contributed by atoms with Crippen LogP contribution in [-0.2, 0) is 27.5 Å². The molecule has 6 heteroatoms. The van der Waals surface area contributed by atoms with Gasteiger partial charge in [-0.2, -0.15) is 0 Å². The van der Waals surface area contributed by atoms with Crippen LogP contribution < -0.4 is 4.74 Å². The van der Waals surface area contributed by atoms with E-state index in [0.717, 1.165) is 37.2 Å². The van der Waals surface area contributed by atoms with E-state index in [0.29, 0.717) is 32.5 Å². The third kappa shape index (κ3) is 5.68. The third-order valence-electron chi connectivity index (χ3n) is 6.44. The molecule has 4 rings (SSSR count). The van der Waals surface area contributed by atoms with Crippen molar-refractivity contribution in [1.82, 2.24) is 9.80 Å². The molecule has 6 nitrogen and oxygen atoms in total. The quantitative estimate of drug-likeness (QED) is 0.665. The number of amides is 2. The molecule has 170 valence electrons. The maximum absolute atomic E-state index is 13.2. The number of benzene rings is 2. The molecule has 32 heavy (non-hydrogen) atoms. The Morgan fingerprint density at radius 2 is 1.75 bits per heavy atom. The number of rotatable bonds is 7. The maximum atomic E-state index is 13.2. The molecule has 0 aliphatic carbocycles. The average molecular weight is 437 g/mol. The van der Waals surface area contributed by atoms with Gasteiger partial charge in [0.1, 0.15) is 5.75 Å². The van der Waals surface area contributed by atoms with E-state index in [1.807, 2.05) is 52.3 Å². The van der Waals surface area contributed by atoms with Crippen LogP contribution >= 0.6 is 0 Å². The molecule has 0 spiro atoms. The minimum atomic E-state index is -0.125. The van der Waals surface area contributed by atoms with E-state index in [1.165, 1.54) is 5.56 Å². The summed E-state index contributed by atoms with van der Waals surface area (Å²) in [4.78, 5) is 29.4. The Morgan fingerprint density at radius 1 is 1.00 bits per heavy atom. The number of methoxy groups -OCH3 is 1. The van der Waals surface area contributed by atoms with Gasteiger partial charge in [0.15, 0.2) is 0 Å². The number of carbonyl (C=O) groups is 2. The van der Waals surface area contributed by atoms with Crippen molar-refractivity contribution in [3.8, 4) is 5.75 Å². The van der Waals surface area contributed by atoms with Crippen LogP contribution in [0.3, 0.4) is 0 Å². The lowest BCUT2D eigenvalue weighted by atomic mass is 9.94. The van der Waals surface area contributed by atoms with E-state index >= 15 is 0 Å². The van der Waals surface area contributed by atoms with Crippen molar-refractivity contribution >= 4 is 11.8 Å². The summed E-state index contributed by atoms with van der Waals surface area (Å²) < 4.78 is 11.3. The summed E-state index contributed by atoms with van der Waals surface area (Å²) in [5, 5.41) is 0. The molecule has 2 fully saturated rings. The Kier molecular flexibility index (Phi) is 7.43. The van der Waals surface area contributed by atoms with Crippen molar-refractivity contribution in [2.45, 2.75) is 44.9 Å². The van der Waals surface area contributed by atoms with Gasteiger partial charge in [-0.1, -0.05) is 42.5 Å². The molecule has 2 heterocycles. The van der Waals surface area contributed by atoms with Crippen molar-refractivity contribution in [1.29, 1.82) is 0 Å². The second-order valence-electron chi connectivity index (χ2n) is 8.68. The molecule has 1 atom stereocenters. The lowest BCUT2D eigenvalue weighted by molar-refractivity contribution is -0.145. The fraction of sp³-hybridized carbons (Fsp3) is 0.462. The standard InChI is InChI=1S/C26H32N2O4/c1-31-24-9-5-8-21(16-24)17-28-18-22(10-11-25(28)29)26(30)27-14-12-23(13-15-27)32-19-20-6-3-2-4-7-20/h2-9,16,22-23H,10-15,17-19H2,1H3/t22-/m0/s1. The van der Waals surface area contributed by atoms with Crippen molar-refractivity contribution in [3.63, 3.8) is 0 Å². The van der Waals surface area contributed by atoms with Gasteiger partial charge < -0.3 is 19.3 Å². The second kappa shape index (κ2) is 10.6. The molecular formula is C26H32N2O4. The zero-order valence-electron chi connectivity index (χ0n) is 18.7. The first-order valence-corrected chi connectivity index (χ1v) is 11.5. The van der Waals surface area contributed by atoms with Crippen molar-refractivity contribution < 1.29 is 19.1 Å². The largest absolute Gasteiger partial charge is 0.497 e. The summed E-state index contributed by atoms with van der Waals surface area (Å²) >= 11 is 0. The Hall–Kier alpha value is -2.86. The number of carbonyl (C=O) groups excluding carboxylic acids is 2. The molecule has 0 aromatic heterocycles. The number of hydrogen-bond donors (Lipinski definition) is 0. The van der Waals surface area contributed by atoms with Crippen molar-refractivity contribution in [2.24, 2.45) is 5.92 Å². The summed E-state index contributed by atoms with van der Waals surface area (Å²) in [6.07, 6.45) is 2.97. The highest BCUT2D eigenvalue weighted by Gasteiger charge is 2.34. The van der Waals surface area contributed by atoms with E-state index in [9.17, 15) is 9.59 Å². The SMILES string of the molecule is COc1cccc(CN2C[C@@H](C(=O)N3CCC(OCc4ccccc4)CC3)CCC2=O)c1. The number of piperidine rings is 2. The highest BCUT2D eigenvalue weighted by Crippen LogP contribution is 2.25. The topological polar surface area (TPSA) is 59.1 Å². The van der Waals surface area contributed by atoms with Crippen LogP contribution in [0.5, 0.6) is 5.75 Å². The first-order chi connectivity index (χ1) is 15.6. The Morgan fingerprint density at radius 3 is 2.50 bits per heavy atom. The summed E-state index contributed by atoms with van der Waals surface area (Å²) in [5.41, 5.74) is 2.19. The fourth-order valence-electron chi connectivity index (χ4n) is 4.55. The first-order valence-electron chi connectivity index (χ1n) is 11.5. The van der Waals surface area contributed by atoms with Crippen LogP contribution in [0.15, 0.2) is 54.6 Å². The van der Waals surface area contributed by atoms with E-state index in [-0.39, 0.29) is 23.8 Å². The van der Waals surface area contributed by atoms with Gasteiger partial charge in [-0.25, -0.2) is 0 Å². The van der Waals surface area contributed by atoms with Crippen LogP contribution in [0.2, 0.25) is 0 Å². The molecule has 2 aliphatic rings. The first kappa shape index (κ1) is 22.3. The van der Waals surface area contributed by atoms with E-state index in [1.54, 1.807) is 7.11 Å². The minimum Gasteiger partial charge on any atom is -0.497 e. The highest BCUT2D eigenvalue weighted by atomic mass is 16.5. The molecule has 0 unspecified atom stereocenters. The number of nitrogens with zero attached hydrogens (tertiary/aromatic N) is 2. The lowest BCUT2D eigenvalue weighted by Gasteiger charge is -2.37. The predicted octanol–water partition coefficient (Wildman–Crippen LogP) is 3.64. The maximum Gasteiger partial charge on any atom is 0.227 e. The lowest BCUT2D eigenvalue weighted by Crippen LogP contribution is -2.49. The molecule has 2 aromatic carbocycles. The highest BCUT2D eigenvalue weighted by molar-refractivity contribution is 5.84. The molecule has 0 bridgehead atoms. The molecule has 2 saturated heterocycles. The zero-order valence-corrected chi connectivity index (χ0v) is 18.7. The van der Waals surface area contributed by atoms with Gasteiger partial charge >= 0.3 is 0 Å². The van der Waals surface area contributed by atoms with Crippen LogP contribution in [-0.4, -0.2) is 54.5 Å². The van der Waals surface area contributed by atoms with Gasteiger partial charge in [-0.15, -0.1) is 0 Å². The van der Waals surface area contributed by atoms with Crippen molar-refractivity contribution in [3.05, 3.63) is 65.7 Å². The van der Waals surface area contributed by atoms with Crippen LogP contribution in [0.25, 0.3) is 0 Å². The molecule has 0 radical (unpaired) electrons. The fourth-order valence-corrected chi connectivity index (χ4v) is 4.55. The number of ether oxygens (including phenoxy) is 2. The second-order valence-corrected chi connectivity index (χ2v) is 8.68. The van der Waals surface area contributed by atoms with Gasteiger partial charge in [-0.05, 0) is 42.5 Å². The molecule has 2 aliphatic heterocycles. The van der Waals surface area contributed by atoms with Crippen LogP contribution in [0.1, 0.15) is 36.8 Å². The van der Waals surface area contributed by atoms with E-state index < -0.39 is 0 Å². The summed E-state index contributed by atoms with van der Waals surface area (Å²) in [6.45, 7) is 3.05. The smallest absolute Gasteiger partial charge is 0.227 e. The van der Waals surface area contributed by atoms with Crippen LogP contribution in [0.4, 0.5) is 0 Å². The van der Waals surface area contributed by atoms with Gasteiger partial charge in [0.05, 0.1) is 25.7 Å². The van der Waals surface area contributed by atoms with Gasteiger partial charge in [0.2, 0.25) is 11.8 Å². The summed E-state index contributed by atoms with van der Waals surface area (Å²) in [5.74, 6) is 0.941. The van der Waals surface area contributed by atoms with E-state index in [4.69, 9.17) is 9.47 Å². The predicted molar refractivity (Wildman–Crippen MR) is 122 cm³/mol. The number of hydrogen-bond acceptors (Lipinski definition) is 4. The molecule has 0 saturated carbocycles. The monoisotopic (exact) mass is 436 g/mol. The Bertz CT molecular complexity index is 909. The average Bonchev–Trinajstić information content (AvgIpc) is 2.85. The minimum absolute atomic E-state index is 0.116. The molecule has 2 aromatic rings. The molecular weight excluding hydrogens is 404 g/mol. The van der Waals surface area contributed by atoms with Gasteiger partial charge in [0.25, 0.3) is 0 Å². The summed E-state index contributed by atoms with van der Waals surface area (Å²) in [7, 11) is 1.63. The normalized spacial score (nSPS) is 19.8. The van der Waals surface area contributed by atoms with E-state index in [2.05, 4.69) is 12.1 Å². The third-order valence-corrected chi connectivity index (χ3v) is 6.44. The van der Waals surface area contributed by atoms with Crippen LogP contribution in [0, 0.1) is 5.92 Å². The number of likely N-dealkylation sites (tertiary alicyclic amines) is 2.